The Morgan fingerprint density at radius 3 is 2.64 bits per heavy atom. The van der Waals surface area contributed by atoms with E-state index in [1.54, 1.807) is 6.20 Å². The standard InChI is InChI=1S/C19H21BrClN3S/c1-13-15(21)11-22-17(16(13)20)24-18(25)23-12-19(9-5-6-10-19)14-7-3-2-4-8-14/h2-4,7-8,11H,5-6,9-10,12H2,1H3,(H2,22,23,24,25). The van der Waals surface area contributed by atoms with Gasteiger partial charge in [0.2, 0.25) is 0 Å². The summed E-state index contributed by atoms with van der Waals surface area (Å²) in [5.41, 5.74) is 2.50. The topological polar surface area (TPSA) is 37.0 Å². The molecule has 0 spiro atoms. The van der Waals surface area contributed by atoms with Crippen LogP contribution in [0, 0.1) is 6.92 Å². The van der Waals surface area contributed by atoms with Crippen LogP contribution in [0.5, 0.6) is 0 Å². The first kappa shape index (κ1) is 18.6. The van der Waals surface area contributed by atoms with Crippen LogP contribution < -0.4 is 10.6 Å². The summed E-state index contributed by atoms with van der Waals surface area (Å²) < 4.78 is 0.836. The molecule has 2 aromatic rings. The maximum absolute atomic E-state index is 6.09. The number of pyridine rings is 1. The number of hydrogen-bond donors (Lipinski definition) is 2. The molecule has 3 nitrogen and oxygen atoms in total. The van der Waals surface area contributed by atoms with Crippen molar-refractivity contribution in [1.82, 2.24) is 10.3 Å². The fourth-order valence-corrected chi connectivity index (χ4v) is 4.30. The first-order valence-electron chi connectivity index (χ1n) is 8.43. The summed E-state index contributed by atoms with van der Waals surface area (Å²) in [4.78, 5) is 4.32. The lowest BCUT2D eigenvalue weighted by molar-refractivity contribution is 0.435. The van der Waals surface area contributed by atoms with Gasteiger partial charge in [-0.1, -0.05) is 54.8 Å². The molecule has 1 aromatic carbocycles. The van der Waals surface area contributed by atoms with E-state index >= 15 is 0 Å². The van der Waals surface area contributed by atoms with Crippen molar-refractivity contribution in [2.45, 2.75) is 38.0 Å². The van der Waals surface area contributed by atoms with E-state index in [9.17, 15) is 0 Å². The van der Waals surface area contributed by atoms with Crippen molar-refractivity contribution in [3.05, 3.63) is 57.2 Å². The minimum Gasteiger partial charge on any atom is -0.362 e. The summed E-state index contributed by atoms with van der Waals surface area (Å²) >= 11 is 15.1. The Morgan fingerprint density at radius 1 is 1.28 bits per heavy atom. The van der Waals surface area contributed by atoms with Crippen molar-refractivity contribution < 1.29 is 0 Å². The molecule has 0 bridgehead atoms. The maximum atomic E-state index is 6.09. The molecule has 132 valence electrons. The Morgan fingerprint density at radius 2 is 1.96 bits per heavy atom. The highest BCUT2D eigenvalue weighted by Crippen LogP contribution is 2.40. The minimum absolute atomic E-state index is 0.160. The molecule has 1 saturated carbocycles. The predicted octanol–water partition coefficient (Wildman–Crippen LogP) is 5.60. The molecule has 1 aliphatic carbocycles. The van der Waals surface area contributed by atoms with Crippen LogP contribution in [0.15, 0.2) is 41.0 Å². The second-order valence-corrected chi connectivity index (χ2v) is 8.16. The molecule has 0 amide bonds. The second kappa shape index (κ2) is 8.02. The quantitative estimate of drug-likeness (QED) is 0.609. The molecule has 1 fully saturated rings. The van der Waals surface area contributed by atoms with Crippen LogP contribution in [0.4, 0.5) is 5.82 Å². The van der Waals surface area contributed by atoms with Crippen molar-refractivity contribution in [2.24, 2.45) is 0 Å². The van der Waals surface area contributed by atoms with Crippen LogP contribution in [0.25, 0.3) is 0 Å². The van der Waals surface area contributed by atoms with E-state index in [2.05, 4.69) is 61.9 Å². The zero-order chi connectivity index (χ0) is 17.9. The fourth-order valence-electron chi connectivity index (χ4n) is 3.46. The van der Waals surface area contributed by atoms with Crippen LogP contribution in [0.1, 0.15) is 36.8 Å². The van der Waals surface area contributed by atoms with Gasteiger partial charge in [0.15, 0.2) is 5.11 Å². The van der Waals surface area contributed by atoms with Gasteiger partial charge in [-0.05, 0) is 59.0 Å². The van der Waals surface area contributed by atoms with E-state index in [0.717, 1.165) is 16.6 Å². The van der Waals surface area contributed by atoms with E-state index in [1.165, 1.54) is 31.2 Å². The normalized spacial score (nSPS) is 15.8. The Hall–Kier alpha value is -1.17. The summed E-state index contributed by atoms with van der Waals surface area (Å²) in [7, 11) is 0. The van der Waals surface area contributed by atoms with E-state index in [-0.39, 0.29) is 5.41 Å². The number of nitrogens with zero attached hydrogens (tertiary/aromatic N) is 1. The van der Waals surface area contributed by atoms with Crippen LogP contribution in [0.3, 0.4) is 0 Å². The molecule has 1 aromatic heterocycles. The molecule has 0 aliphatic heterocycles. The number of hydrogen-bond acceptors (Lipinski definition) is 2. The zero-order valence-corrected chi connectivity index (χ0v) is 17.3. The SMILES string of the molecule is Cc1c(Cl)cnc(NC(=S)NCC2(c3ccccc3)CCCC2)c1Br. The molecule has 0 unspecified atom stereocenters. The average Bonchev–Trinajstić information content (AvgIpc) is 3.12. The number of anilines is 1. The largest absolute Gasteiger partial charge is 0.362 e. The van der Waals surface area contributed by atoms with Crippen LogP contribution in [0.2, 0.25) is 5.02 Å². The highest BCUT2D eigenvalue weighted by molar-refractivity contribution is 9.10. The molecule has 2 N–H and O–H groups in total. The summed E-state index contributed by atoms with van der Waals surface area (Å²) in [6.07, 6.45) is 6.54. The van der Waals surface area contributed by atoms with Gasteiger partial charge >= 0.3 is 0 Å². The number of thiocarbonyl (C=S) groups is 1. The lowest BCUT2D eigenvalue weighted by Gasteiger charge is -2.30. The Balaban J connectivity index is 1.68. The number of benzene rings is 1. The maximum Gasteiger partial charge on any atom is 0.172 e. The second-order valence-electron chi connectivity index (χ2n) is 6.55. The lowest BCUT2D eigenvalue weighted by Crippen LogP contribution is -2.40. The third kappa shape index (κ3) is 4.15. The first-order valence-corrected chi connectivity index (χ1v) is 10.0. The summed E-state index contributed by atoms with van der Waals surface area (Å²) in [5, 5.41) is 7.79. The number of aromatic nitrogens is 1. The van der Waals surface area contributed by atoms with Gasteiger partial charge in [-0.15, -0.1) is 0 Å². The van der Waals surface area contributed by atoms with Crippen molar-refractivity contribution in [1.29, 1.82) is 0 Å². The summed E-state index contributed by atoms with van der Waals surface area (Å²) in [6, 6.07) is 10.7. The fraction of sp³-hybridized carbons (Fsp3) is 0.368. The zero-order valence-electron chi connectivity index (χ0n) is 14.1. The molecule has 1 heterocycles. The number of rotatable bonds is 4. The Kier molecular flexibility index (Phi) is 5.97. The van der Waals surface area contributed by atoms with Crippen LogP contribution in [-0.4, -0.2) is 16.6 Å². The van der Waals surface area contributed by atoms with Gasteiger partial charge in [0.25, 0.3) is 0 Å². The summed E-state index contributed by atoms with van der Waals surface area (Å²) in [5.74, 6) is 0.680. The van der Waals surface area contributed by atoms with Gasteiger partial charge in [0.1, 0.15) is 5.82 Å². The predicted molar refractivity (Wildman–Crippen MR) is 112 cm³/mol. The average molecular weight is 439 g/mol. The van der Waals surface area contributed by atoms with Gasteiger partial charge in [-0.25, -0.2) is 4.98 Å². The van der Waals surface area contributed by atoms with E-state index in [1.807, 2.05) is 6.92 Å². The van der Waals surface area contributed by atoms with Crippen LogP contribution in [-0.2, 0) is 5.41 Å². The minimum atomic E-state index is 0.160. The smallest absolute Gasteiger partial charge is 0.172 e. The lowest BCUT2D eigenvalue weighted by atomic mass is 9.79. The number of nitrogens with one attached hydrogen (secondary N) is 2. The van der Waals surface area contributed by atoms with Gasteiger partial charge in [-0.2, -0.15) is 0 Å². The molecule has 6 heteroatoms. The molecule has 25 heavy (non-hydrogen) atoms. The van der Waals surface area contributed by atoms with Gasteiger partial charge in [0, 0.05) is 18.2 Å². The molecule has 1 aliphatic rings. The highest BCUT2D eigenvalue weighted by Gasteiger charge is 2.35. The Bertz CT molecular complexity index is 761. The van der Waals surface area contributed by atoms with Crippen LogP contribution >= 0.6 is 39.7 Å². The third-order valence-electron chi connectivity index (χ3n) is 4.97. The molecule has 0 saturated heterocycles. The Labute approximate surface area is 167 Å². The van der Waals surface area contributed by atoms with E-state index < -0.39 is 0 Å². The van der Waals surface area contributed by atoms with E-state index in [4.69, 9.17) is 23.8 Å². The van der Waals surface area contributed by atoms with E-state index in [0.29, 0.717) is 16.0 Å². The molecule has 3 rings (SSSR count). The first-order chi connectivity index (χ1) is 12.0. The highest BCUT2D eigenvalue weighted by atomic mass is 79.9. The molecule has 0 radical (unpaired) electrons. The molecular weight excluding hydrogens is 418 g/mol. The molecule has 0 atom stereocenters. The van der Waals surface area contributed by atoms with Crippen molar-refractivity contribution in [3.8, 4) is 0 Å². The van der Waals surface area contributed by atoms with Crippen molar-refractivity contribution >= 4 is 50.7 Å². The number of halogens is 2. The van der Waals surface area contributed by atoms with Gasteiger partial charge in [-0.3, -0.25) is 0 Å². The van der Waals surface area contributed by atoms with Gasteiger partial charge in [0.05, 0.1) is 9.50 Å². The van der Waals surface area contributed by atoms with Crippen molar-refractivity contribution in [3.63, 3.8) is 0 Å². The van der Waals surface area contributed by atoms with Crippen molar-refractivity contribution in [2.75, 3.05) is 11.9 Å². The van der Waals surface area contributed by atoms with Gasteiger partial charge < -0.3 is 10.6 Å². The molecular formula is C19H21BrClN3S. The third-order valence-corrected chi connectivity index (χ3v) is 6.57. The monoisotopic (exact) mass is 437 g/mol. The summed E-state index contributed by atoms with van der Waals surface area (Å²) in [6.45, 7) is 2.77.